The Labute approximate surface area is 164 Å². The van der Waals surface area contributed by atoms with Gasteiger partial charge in [-0.1, -0.05) is 29.8 Å². The molecule has 0 spiro atoms. The van der Waals surface area contributed by atoms with Gasteiger partial charge in [0.1, 0.15) is 12.3 Å². The number of hydrogen-bond donors (Lipinski definition) is 1. The van der Waals surface area contributed by atoms with Gasteiger partial charge in [-0.2, -0.15) is 0 Å². The van der Waals surface area contributed by atoms with Gasteiger partial charge in [0.05, 0.1) is 19.3 Å². The molecule has 3 rings (SSSR count). The maximum atomic E-state index is 6.04. The summed E-state index contributed by atoms with van der Waals surface area (Å²) < 4.78 is 11.3. The molecule has 0 radical (unpaired) electrons. The van der Waals surface area contributed by atoms with Crippen molar-refractivity contribution in [3.05, 3.63) is 65.2 Å². The van der Waals surface area contributed by atoms with Crippen molar-refractivity contribution in [1.29, 1.82) is 0 Å². The first kappa shape index (κ1) is 19.9. The fraction of sp³-hybridized carbons (Fsp3) is 0.500. The van der Waals surface area contributed by atoms with Crippen molar-refractivity contribution >= 4 is 0 Å². The van der Waals surface area contributed by atoms with E-state index in [-0.39, 0.29) is 11.0 Å². The smallest absolute Gasteiger partial charge is 0.118 e. The molecule has 0 unspecified atom stereocenters. The Morgan fingerprint density at radius 3 is 2.37 bits per heavy atom. The fourth-order valence-electron chi connectivity index (χ4n) is 4.40. The van der Waals surface area contributed by atoms with Gasteiger partial charge in [-0.3, -0.25) is 0 Å². The normalized spacial score (nSPS) is 21.8. The molecule has 1 saturated heterocycles. The molecule has 1 aliphatic rings. The van der Waals surface area contributed by atoms with Crippen LogP contribution in [0.25, 0.3) is 0 Å². The van der Waals surface area contributed by atoms with Crippen molar-refractivity contribution in [2.45, 2.75) is 57.6 Å². The number of ether oxygens (including phenoxy) is 2. The molecule has 1 atom stereocenters. The molecular formula is C24H34NO2+. The summed E-state index contributed by atoms with van der Waals surface area (Å²) in [4.78, 5) is 0. The van der Waals surface area contributed by atoms with E-state index in [0.29, 0.717) is 0 Å². The largest absolute Gasteiger partial charge is 0.497 e. The Morgan fingerprint density at radius 2 is 1.74 bits per heavy atom. The van der Waals surface area contributed by atoms with Crippen LogP contribution in [0.15, 0.2) is 48.5 Å². The molecule has 2 N–H and O–H groups in total. The van der Waals surface area contributed by atoms with E-state index in [1.165, 1.54) is 23.1 Å². The molecule has 0 bridgehead atoms. The van der Waals surface area contributed by atoms with E-state index < -0.39 is 0 Å². The third kappa shape index (κ3) is 5.12. The monoisotopic (exact) mass is 368 g/mol. The number of hydrogen-bond acceptors (Lipinski definition) is 2. The highest BCUT2D eigenvalue weighted by Gasteiger charge is 2.42. The fourth-order valence-corrected chi connectivity index (χ4v) is 4.40. The van der Waals surface area contributed by atoms with Crippen LogP contribution in [0.1, 0.15) is 49.8 Å². The van der Waals surface area contributed by atoms with Gasteiger partial charge in [0, 0.05) is 24.0 Å². The van der Waals surface area contributed by atoms with Crippen LogP contribution in [0.5, 0.6) is 5.75 Å². The second-order valence-electron chi connectivity index (χ2n) is 8.56. The molecule has 1 fully saturated rings. The molecule has 0 saturated carbocycles. The zero-order chi connectivity index (χ0) is 19.3. The van der Waals surface area contributed by atoms with Crippen LogP contribution in [-0.2, 0) is 16.7 Å². The lowest BCUT2D eigenvalue weighted by Gasteiger charge is -2.45. The van der Waals surface area contributed by atoms with Gasteiger partial charge in [-0.25, -0.2) is 0 Å². The Kier molecular flexibility index (Phi) is 6.23. The number of nitrogens with two attached hydrogens (primary N) is 1. The van der Waals surface area contributed by atoms with E-state index in [1.807, 2.05) is 12.1 Å². The first-order valence-corrected chi connectivity index (χ1v) is 10.1. The summed E-state index contributed by atoms with van der Waals surface area (Å²) in [7, 11) is 1.71. The van der Waals surface area contributed by atoms with Crippen LogP contribution in [0.4, 0.5) is 0 Å². The summed E-state index contributed by atoms with van der Waals surface area (Å²) in [6.07, 6.45) is 3.37. The molecule has 3 heteroatoms. The topological polar surface area (TPSA) is 35.1 Å². The lowest BCUT2D eigenvalue weighted by molar-refractivity contribution is -0.672. The van der Waals surface area contributed by atoms with Crippen LogP contribution < -0.4 is 10.1 Å². The van der Waals surface area contributed by atoms with E-state index in [1.54, 1.807) is 7.11 Å². The highest BCUT2D eigenvalue weighted by molar-refractivity contribution is 5.30. The van der Waals surface area contributed by atoms with Crippen molar-refractivity contribution < 1.29 is 14.8 Å². The molecule has 2 aromatic carbocycles. The number of aryl methyl sites for hydroxylation is 1. The third-order valence-electron chi connectivity index (χ3n) is 5.87. The van der Waals surface area contributed by atoms with E-state index >= 15 is 0 Å². The molecule has 3 nitrogen and oxygen atoms in total. The van der Waals surface area contributed by atoms with E-state index in [0.717, 1.165) is 38.3 Å². The lowest BCUT2D eigenvalue weighted by Crippen LogP contribution is -2.83. The van der Waals surface area contributed by atoms with Crippen LogP contribution in [0, 0.1) is 6.92 Å². The predicted octanol–water partition coefficient (Wildman–Crippen LogP) is 3.98. The third-order valence-corrected chi connectivity index (χ3v) is 5.87. The van der Waals surface area contributed by atoms with Crippen LogP contribution in [0.3, 0.4) is 0 Å². The van der Waals surface area contributed by atoms with Crippen LogP contribution >= 0.6 is 0 Å². The molecule has 1 aliphatic heterocycles. The molecule has 2 aromatic rings. The average Bonchev–Trinajstić information content (AvgIpc) is 2.65. The zero-order valence-electron chi connectivity index (χ0n) is 17.3. The molecule has 146 valence electrons. The summed E-state index contributed by atoms with van der Waals surface area (Å²) in [6.45, 7) is 9.60. The molecule has 1 heterocycles. The van der Waals surface area contributed by atoms with Gasteiger partial charge in [-0.05, 0) is 63.4 Å². The van der Waals surface area contributed by atoms with Crippen LogP contribution in [0.2, 0.25) is 0 Å². The lowest BCUT2D eigenvalue weighted by atomic mass is 9.67. The molecule has 0 amide bonds. The van der Waals surface area contributed by atoms with Crippen LogP contribution in [-0.4, -0.2) is 25.9 Å². The second-order valence-corrected chi connectivity index (χ2v) is 8.56. The van der Waals surface area contributed by atoms with Crippen molar-refractivity contribution in [3.8, 4) is 5.75 Å². The molecule has 0 aromatic heterocycles. The minimum Gasteiger partial charge on any atom is -0.497 e. The van der Waals surface area contributed by atoms with Gasteiger partial charge < -0.3 is 14.8 Å². The summed E-state index contributed by atoms with van der Waals surface area (Å²) in [6, 6.07) is 17.6. The summed E-state index contributed by atoms with van der Waals surface area (Å²) >= 11 is 0. The molecule has 0 aliphatic carbocycles. The van der Waals surface area contributed by atoms with E-state index in [9.17, 15) is 0 Å². The van der Waals surface area contributed by atoms with Gasteiger partial charge >= 0.3 is 0 Å². The number of quaternary nitrogens is 1. The van der Waals surface area contributed by atoms with Crippen molar-refractivity contribution in [2.24, 2.45) is 0 Å². The number of benzene rings is 2. The Bertz CT molecular complexity index is 721. The quantitative estimate of drug-likeness (QED) is 0.750. The molecule has 27 heavy (non-hydrogen) atoms. The predicted molar refractivity (Wildman–Crippen MR) is 110 cm³/mol. The van der Waals surface area contributed by atoms with Gasteiger partial charge in [0.25, 0.3) is 0 Å². The van der Waals surface area contributed by atoms with Gasteiger partial charge in [0.2, 0.25) is 0 Å². The van der Waals surface area contributed by atoms with E-state index in [4.69, 9.17) is 9.47 Å². The van der Waals surface area contributed by atoms with Gasteiger partial charge in [-0.15, -0.1) is 0 Å². The summed E-state index contributed by atoms with van der Waals surface area (Å²) in [5, 5.41) is 2.43. The SMILES string of the molecule is COc1ccc(C[NH2+]CC[C@]2(c3ccc(C)cc3)CCOC(C)(C)C2)cc1. The van der Waals surface area contributed by atoms with Crippen molar-refractivity contribution in [2.75, 3.05) is 20.3 Å². The van der Waals surface area contributed by atoms with E-state index in [2.05, 4.69) is 62.5 Å². The number of rotatable bonds is 7. The Hall–Kier alpha value is -1.84. The zero-order valence-corrected chi connectivity index (χ0v) is 17.3. The standard InChI is InChI=1S/C24H33NO2/c1-19-5-9-21(10-6-19)24(14-16-27-23(2,3)18-24)13-15-25-17-20-7-11-22(26-4)12-8-20/h5-12,25H,13-18H2,1-4H3/p+1/t24-/m0/s1. The van der Waals surface area contributed by atoms with Crippen molar-refractivity contribution in [3.63, 3.8) is 0 Å². The highest BCUT2D eigenvalue weighted by atomic mass is 16.5. The average molecular weight is 369 g/mol. The first-order chi connectivity index (χ1) is 12.9. The van der Waals surface area contributed by atoms with Gasteiger partial charge in [0.15, 0.2) is 0 Å². The highest BCUT2D eigenvalue weighted by Crippen LogP contribution is 2.43. The van der Waals surface area contributed by atoms with Crippen molar-refractivity contribution in [1.82, 2.24) is 0 Å². The second kappa shape index (κ2) is 8.45. The maximum absolute atomic E-state index is 6.04. The maximum Gasteiger partial charge on any atom is 0.118 e. The molecular weight excluding hydrogens is 334 g/mol. The minimum absolute atomic E-state index is 0.0564. The summed E-state index contributed by atoms with van der Waals surface area (Å²) in [5.41, 5.74) is 4.30. The Morgan fingerprint density at radius 1 is 1.04 bits per heavy atom. The summed E-state index contributed by atoms with van der Waals surface area (Å²) in [5.74, 6) is 0.918. The minimum atomic E-state index is -0.0564. The first-order valence-electron chi connectivity index (χ1n) is 10.1. The Balaban J connectivity index is 1.65. The number of methoxy groups -OCH3 is 1.